The van der Waals surface area contributed by atoms with Crippen LogP contribution in [0.25, 0.3) is 0 Å². The first-order valence-electron chi connectivity index (χ1n) is 5.80. The van der Waals surface area contributed by atoms with Gasteiger partial charge in [-0.05, 0) is 25.1 Å². The molecular weight excluding hydrogens is 246 g/mol. The van der Waals surface area contributed by atoms with E-state index in [9.17, 15) is 4.79 Å². The predicted molar refractivity (Wildman–Crippen MR) is 70.7 cm³/mol. The summed E-state index contributed by atoms with van der Waals surface area (Å²) in [7, 11) is 1.61. The lowest BCUT2D eigenvalue weighted by molar-refractivity contribution is 0.0695. The molecule has 1 aromatic heterocycles. The highest BCUT2D eigenvalue weighted by Gasteiger charge is 2.13. The molecule has 0 spiro atoms. The van der Waals surface area contributed by atoms with Gasteiger partial charge < -0.3 is 19.6 Å². The highest BCUT2D eigenvalue weighted by molar-refractivity contribution is 5.88. The van der Waals surface area contributed by atoms with E-state index in [2.05, 4.69) is 5.32 Å². The maximum absolute atomic E-state index is 10.9. The first-order chi connectivity index (χ1) is 9.10. The SMILES string of the molecule is COc1cccc(NCc2cc(C(=O)O)c(C)o2)c1. The molecule has 0 atom stereocenters. The van der Waals surface area contributed by atoms with Crippen LogP contribution in [-0.4, -0.2) is 18.2 Å². The van der Waals surface area contributed by atoms with E-state index < -0.39 is 5.97 Å². The van der Waals surface area contributed by atoms with Gasteiger partial charge in [-0.2, -0.15) is 0 Å². The summed E-state index contributed by atoms with van der Waals surface area (Å²) in [5, 5.41) is 12.1. The number of anilines is 1. The van der Waals surface area contributed by atoms with Crippen molar-refractivity contribution < 1.29 is 19.1 Å². The van der Waals surface area contributed by atoms with Gasteiger partial charge in [0.25, 0.3) is 0 Å². The summed E-state index contributed by atoms with van der Waals surface area (Å²) in [6, 6.07) is 9.01. The Bertz CT molecular complexity index is 589. The normalized spacial score (nSPS) is 10.2. The zero-order chi connectivity index (χ0) is 13.8. The van der Waals surface area contributed by atoms with Gasteiger partial charge in [0.15, 0.2) is 0 Å². The number of hydrogen-bond acceptors (Lipinski definition) is 4. The monoisotopic (exact) mass is 261 g/mol. The highest BCUT2D eigenvalue weighted by atomic mass is 16.5. The topological polar surface area (TPSA) is 71.7 Å². The van der Waals surface area contributed by atoms with Crippen molar-refractivity contribution in [3.63, 3.8) is 0 Å². The zero-order valence-corrected chi connectivity index (χ0v) is 10.8. The Morgan fingerprint density at radius 3 is 2.84 bits per heavy atom. The molecular formula is C14H15NO4. The molecule has 2 N–H and O–H groups in total. The first kappa shape index (κ1) is 13.0. The molecule has 2 rings (SSSR count). The number of carboxylic acids is 1. The van der Waals surface area contributed by atoms with Crippen LogP contribution in [0, 0.1) is 6.92 Å². The Kier molecular flexibility index (Phi) is 3.75. The number of nitrogens with one attached hydrogen (secondary N) is 1. The standard InChI is InChI=1S/C14H15NO4/c1-9-13(14(16)17)7-12(19-9)8-15-10-4-3-5-11(6-10)18-2/h3-7,15H,8H2,1-2H3,(H,16,17). The number of furan rings is 1. The molecule has 2 aromatic rings. The van der Waals surface area contributed by atoms with Gasteiger partial charge in [-0.25, -0.2) is 4.79 Å². The molecule has 19 heavy (non-hydrogen) atoms. The average Bonchev–Trinajstić information content (AvgIpc) is 2.78. The minimum absolute atomic E-state index is 0.197. The molecule has 0 aliphatic rings. The van der Waals surface area contributed by atoms with Crippen LogP contribution in [0.5, 0.6) is 5.75 Å². The molecule has 0 aliphatic carbocycles. The summed E-state index contributed by atoms with van der Waals surface area (Å²) in [5.74, 6) is 0.772. The molecule has 5 heteroatoms. The maximum atomic E-state index is 10.9. The van der Waals surface area contributed by atoms with E-state index in [1.54, 1.807) is 14.0 Å². The van der Waals surface area contributed by atoms with Crippen LogP contribution in [0.2, 0.25) is 0 Å². The van der Waals surface area contributed by atoms with Crippen molar-refractivity contribution in [2.45, 2.75) is 13.5 Å². The van der Waals surface area contributed by atoms with E-state index >= 15 is 0 Å². The Labute approximate surface area is 110 Å². The Morgan fingerprint density at radius 2 is 2.21 bits per heavy atom. The minimum Gasteiger partial charge on any atom is -0.497 e. The summed E-state index contributed by atoms with van der Waals surface area (Å²) in [6.07, 6.45) is 0. The molecule has 0 amide bonds. The zero-order valence-electron chi connectivity index (χ0n) is 10.8. The van der Waals surface area contributed by atoms with E-state index in [4.69, 9.17) is 14.3 Å². The number of benzene rings is 1. The fourth-order valence-electron chi connectivity index (χ4n) is 1.77. The molecule has 1 heterocycles. The third kappa shape index (κ3) is 3.07. The number of ether oxygens (including phenoxy) is 1. The van der Waals surface area contributed by atoms with Crippen LogP contribution < -0.4 is 10.1 Å². The second-order valence-electron chi connectivity index (χ2n) is 4.07. The Balaban J connectivity index is 2.06. The van der Waals surface area contributed by atoms with Crippen LogP contribution >= 0.6 is 0 Å². The highest BCUT2D eigenvalue weighted by Crippen LogP contribution is 2.19. The number of aromatic carboxylic acids is 1. The molecule has 100 valence electrons. The van der Waals surface area contributed by atoms with E-state index in [0.717, 1.165) is 11.4 Å². The molecule has 0 fully saturated rings. The van der Waals surface area contributed by atoms with Gasteiger partial charge in [-0.15, -0.1) is 0 Å². The van der Waals surface area contributed by atoms with Gasteiger partial charge in [0, 0.05) is 11.8 Å². The Morgan fingerprint density at radius 1 is 1.42 bits per heavy atom. The number of rotatable bonds is 5. The summed E-state index contributed by atoms with van der Waals surface area (Å²) in [6.45, 7) is 2.06. The van der Waals surface area contributed by atoms with Crippen molar-refractivity contribution in [3.05, 3.63) is 47.4 Å². The average molecular weight is 261 g/mol. The van der Waals surface area contributed by atoms with Gasteiger partial charge in [-0.1, -0.05) is 6.07 Å². The van der Waals surface area contributed by atoms with Gasteiger partial charge in [0.2, 0.25) is 0 Å². The summed E-state index contributed by atoms with van der Waals surface area (Å²) in [5.41, 5.74) is 1.08. The number of aryl methyl sites for hydroxylation is 1. The van der Waals surface area contributed by atoms with Crippen LogP contribution in [0.3, 0.4) is 0 Å². The smallest absolute Gasteiger partial charge is 0.339 e. The van der Waals surface area contributed by atoms with Crippen molar-refractivity contribution in [1.82, 2.24) is 0 Å². The quantitative estimate of drug-likeness (QED) is 0.865. The third-order valence-corrected chi connectivity index (χ3v) is 2.74. The lowest BCUT2D eigenvalue weighted by atomic mass is 10.2. The number of methoxy groups -OCH3 is 1. The van der Waals surface area contributed by atoms with Crippen molar-refractivity contribution >= 4 is 11.7 Å². The molecule has 0 saturated heterocycles. The molecule has 1 aromatic carbocycles. The van der Waals surface area contributed by atoms with Gasteiger partial charge >= 0.3 is 5.97 Å². The molecule has 5 nitrogen and oxygen atoms in total. The lowest BCUT2D eigenvalue weighted by Crippen LogP contribution is -1.98. The fourth-order valence-corrected chi connectivity index (χ4v) is 1.77. The molecule has 0 saturated carbocycles. The van der Waals surface area contributed by atoms with Gasteiger partial charge in [0.1, 0.15) is 22.8 Å². The van der Waals surface area contributed by atoms with Crippen LogP contribution in [0.1, 0.15) is 21.9 Å². The summed E-state index contributed by atoms with van der Waals surface area (Å²) < 4.78 is 10.5. The predicted octanol–water partition coefficient (Wildman–Crippen LogP) is 2.91. The van der Waals surface area contributed by atoms with Crippen LogP contribution in [0.15, 0.2) is 34.7 Å². The third-order valence-electron chi connectivity index (χ3n) is 2.74. The molecule has 0 aliphatic heterocycles. The molecule has 0 bridgehead atoms. The maximum Gasteiger partial charge on any atom is 0.339 e. The van der Waals surface area contributed by atoms with Gasteiger partial charge in [0.05, 0.1) is 13.7 Å². The van der Waals surface area contributed by atoms with Crippen molar-refractivity contribution in [2.75, 3.05) is 12.4 Å². The largest absolute Gasteiger partial charge is 0.497 e. The van der Waals surface area contributed by atoms with Crippen molar-refractivity contribution in [3.8, 4) is 5.75 Å². The lowest BCUT2D eigenvalue weighted by Gasteiger charge is -2.06. The summed E-state index contributed by atoms with van der Waals surface area (Å²) >= 11 is 0. The number of carboxylic acid groups (broad SMARTS) is 1. The Hall–Kier alpha value is -2.43. The molecule has 0 unspecified atom stereocenters. The van der Waals surface area contributed by atoms with Crippen LogP contribution in [0.4, 0.5) is 5.69 Å². The number of hydrogen-bond donors (Lipinski definition) is 2. The second-order valence-corrected chi connectivity index (χ2v) is 4.07. The second kappa shape index (κ2) is 5.48. The van der Waals surface area contributed by atoms with Crippen LogP contribution in [-0.2, 0) is 6.54 Å². The molecule has 0 radical (unpaired) electrons. The first-order valence-corrected chi connectivity index (χ1v) is 5.80. The van der Waals surface area contributed by atoms with E-state index in [-0.39, 0.29) is 5.56 Å². The van der Waals surface area contributed by atoms with E-state index in [1.807, 2.05) is 24.3 Å². The fraction of sp³-hybridized carbons (Fsp3) is 0.214. The summed E-state index contributed by atoms with van der Waals surface area (Å²) in [4.78, 5) is 10.9. The number of carbonyl (C=O) groups is 1. The van der Waals surface area contributed by atoms with Crippen molar-refractivity contribution in [1.29, 1.82) is 0 Å². The minimum atomic E-state index is -0.978. The van der Waals surface area contributed by atoms with Gasteiger partial charge in [-0.3, -0.25) is 0 Å². The van der Waals surface area contributed by atoms with E-state index in [1.165, 1.54) is 6.07 Å². The van der Waals surface area contributed by atoms with E-state index in [0.29, 0.717) is 18.1 Å². The van der Waals surface area contributed by atoms with Crippen molar-refractivity contribution in [2.24, 2.45) is 0 Å².